The second kappa shape index (κ2) is 8.04. The van der Waals surface area contributed by atoms with E-state index in [1.165, 1.54) is 18.2 Å². The third-order valence-corrected chi connectivity index (χ3v) is 4.44. The van der Waals surface area contributed by atoms with Crippen LogP contribution in [0.25, 0.3) is 0 Å². The Morgan fingerprint density at radius 1 is 1.37 bits per heavy atom. The van der Waals surface area contributed by atoms with Gasteiger partial charge in [-0.1, -0.05) is 31.9 Å². The van der Waals surface area contributed by atoms with Gasteiger partial charge in [-0.05, 0) is 25.5 Å². The first kappa shape index (κ1) is 15.8. The van der Waals surface area contributed by atoms with E-state index in [2.05, 4.69) is 12.2 Å². The summed E-state index contributed by atoms with van der Waals surface area (Å²) in [6.07, 6.45) is 3.03. The lowest BCUT2D eigenvalue weighted by Crippen LogP contribution is -2.36. The molecule has 0 fully saturated rings. The monoisotopic (exact) mass is 285 g/mol. The number of benzene rings is 1. The van der Waals surface area contributed by atoms with Gasteiger partial charge in [-0.2, -0.15) is 0 Å². The van der Waals surface area contributed by atoms with Crippen LogP contribution in [-0.4, -0.2) is 21.9 Å². The van der Waals surface area contributed by atoms with Crippen molar-refractivity contribution >= 4 is 16.7 Å². The highest BCUT2D eigenvalue weighted by Crippen LogP contribution is 2.15. The average molecular weight is 285 g/mol. The summed E-state index contributed by atoms with van der Waals surface area (Å²) in [7, 11) is -1.66. The molecule has 2 atom stereocenters. The maximum Gasteiger partial charge on any atom is 0.235 e. The number of rotatable bonds is 7. The van der Waals surface area contributed by atoms with Gasteiger partial charge in [0.2, 0.25) is 5.91 Å². The Labute approximate surface area is 116 Å². The normalized spacial score (nSPS) is 13.8. The Hall–Kier alpha value is -1.23. The average Bonchev–Trinajstić information content (AvgIpc) is 2.42. The minimum atomic E-state index is -1.66. The fourth-order valence-electron chi connectivity index (χ4n) is 1.63. The van der Waals surface area contributed by atoms with Crippen molar-refractivity contribution < 1.29 is 13.4 Å². The van der Waals surface area contributed by atoms with Gasteiger partial charge in [0.25, 0.3) is 0 Å². The van der Waals surface area contributed by atoms with E-state index in [0.29, 0.717) is 6.54 Å². The highest BCUT2D eigenvalue weighted by molar-refractivity contribution is 7.86. The summed E-state index contributed by atoms with van der Waals surface area (Å²) < 4.78 is 25.6. The fourth-order valence-corrected chi connectivity index (χ4v) is 2.76. The Morgan fingerprint density at radius 3 is 2.68 bits per heavy atom. The Balaban J connectivity index is 2.57. The van der Waals surface area contributed by atoms with E-state index in [4.69, 9.17) is 0 Å². The van der Waals surface area contributed by atoms with E-state index in [1.54, 1.807) is 13.0 Å². The molecule has 1 rings (SSSR count). The lowest BCUT2D eigenvalue weighted by atomic mass is 10.2. The van der Waals surface area contributed by atoms with Gasteiger partial charge < -0.3 is 5.32 Å². The van der Waals surface area contributed by atoms with Gasteiger partial charge in [0, 0.05) is 6.54 Å². The fraction of sp³-hybridized carbons (Fsp3) is 0.500. The predicted octanol–water partition coefficient (Wildman–Crippen LogP) is 2.63. The van der Waals surface area contributed by atoms with E-state index in [9.17, 15) is 13.4 Å². The third-order valence-electron chi connectivity index (χ3n) is 2.82. The largest absolute Gasteiger partial charge is 0.355 e. The predicted molar refractivity (Wildman–Crippen MR) is 74.8 cm³/mol. The van der Waals surface area contributed by atoms with E-state index in [-0.39, 0.29) is 10.8 Å². The molecule has 0 bridgehead atoms. The number of hydrogen-bond acceptors (Lipinski definition) is 2. The summed E-state index contributed by atoms with van der Waals surface area (Å²) in [6.45, 7) is 4.21. The van der Waals surface area contributed by atoms with Gasteiger partial charge in [-0.15, -0.1) is 0 Å². The molecular weight excluding hydrogens is 265 g/mol. The third kappa shape index (κ3) is 4.74. The first-order chi connectivity index (χ1) is 9.07. The SMILES string of the molecule is CCCCCNC(=O)C(C)S(=O)c1ccccc1F. The standard InChI is InChI=1S/C14H20FNO2S/c1-3-4-7-10-16-14(17)11(2)19(18)13-9-6-5-8-12(13)15/h5-6,8-9,11H,3-4,7,10H2,1-2H3,(H,16,17). The summed E-state index contributed by atoms with van der Waals surface area (Å²) >= 11 is 0. The molecule has 0 aliphatic rings. The maximum absolute atomic E-state index is 13.5. The molecule has 3 nitrogen and oxygen atoms in total. The number of halogens is 1. The van der Waals surface area contributed by atoms with Gasteiger partial charge in [-0.3, -0.25) is 9.00 Å². The van der Waals surface area contributed by atoms with Gasteiger partial charge >= 0.3 is 0 Å². The molecule has 19 heavy (non-hydrogen) atoms. The van der Waals surface area contributed by atoms with Crippen molar-refractivity contribution in [2.45, 2.75) is 43.3 Å². The summed E-state index contributed by atoms with van der Waals surface area (Å²) in [5, 5.41) is 1.98. The van der Waals surface area contributed by atoms with Crippen molar-refractivity contribution in [3.63, 3.8) is 0 Å². The first-order valence-electron chi connectivity index (χ1n) is 6.50. The second-order valence-electron chi connectivity index (χ2n) is 4.37. The minimum absolute atomic E-state index is 0.0821. The molecule has 1 aromatic carbocycles. The lowest BCUT2D eigenvalue weighted by Gasteiger charge is -2.12. The molecule has 0 radical (unpaired) electrons. The molecule has 1 N–H and O–H groups in total. The quantitative estimate of drug-likeness (QED) is 0.783. The van der Waals surface area contributed by atoms with Crippen LogP contribution in [0.15, 0.2) is 29.2 Å². The summed E-state index contributed by atoms with van der Waals surface area (Å²) in [4.78, 5) is 11.9. The maximum atomic E-state index is 13.5. The van der Waals surface area contributed by atoms with Gasteiger partial charge in [-0.25, -0.2) is 4.39 Å². The molecule has 2 unspecified atom stereocenters. The molecule has 5 heteroatoms. The Kier molecular flexibility index (Phi) is 6.70. The topological polar surface area (TPSA) is 46.2 Å². The molecule has 0 saturated carbocycles. The van der Waals surface area contributed by atoms with E-state index in [1.807, 2.05) is 0 Å². The zero-order valence-corrected chi connectivity index (χ0v) is 12.1. The van der Waals surface area contributed by atoms with Crippen LogP contribution in [0.4, 0.5) is 4.39 Å². The summed E-state index contributed by atoms with van der Waals surface area (Å²) in [5.41, 5.74) is 0. The molecule has 0 aliphatic heterocycles. The number of carbonyl (C=O) groups excluding carboxylic acids is 1. The van der Waals surface area contributed by atoms with Crippen molar-refractivity contribution in [1.82, 2.24) is 5.32 Å². The zero-order chi connectivity index (χ0) is 14.3. The zero-order valence-electron chi connectivity index (χ0n) is 11.3. The van der Waals surface area contributed by atoms with Crippen LogP contribution in [0.5, 0.6) is 0 Å². The van der Waals surface area contributed by atoms with E-state index in [0.717, 1.165) is 19.3 Å². The van der Waals surface area contributed by atoms with Crippen LogP contribution in [0.1, 0.15) is 33.1 Å². The van der Waals surface area contributed by atoms with Crippen LogP contribution in [-0.2, 0) is 15.6 Å². The molecule has 0 spiro atoms. The number of amides is 1. The molecule has 0 saturated heterocycles. The molecule has 1 aromatic rings. The van der Waals surface area contributed by atoms with E-state index >= 15 is 0 Å². The highest BCUT2D eigenvalue weighted by Gasteiger charge is 2.22. The van der Waals surface area contributed by atoms with Crippen molar-refractivity contribution in [2.75, 3.05) is 6.54 Å². The van der Waals surface area contributed by atoms with Crippen LogP contribution < -0.4 is 5.32 Å². The summed E-state index contributed by atoms with van der Waals surface area (Å²) in [5.74, 6) is -0.829. The van der Waals surface area contributed by atoms with Crippen molar-refractivity contribution in [1.29, 1.82) is 0 Å². The van der Waals surface area contributed by atoms with Crippen molar-refractivity contribution in [3.8, 4) is 0 Å². The number of nitrogens with one attached hydrogen (secondary N) is 1. The van der Waals surface area contributed by atoms with E-state index < -0.39 is 21.9 Å². The molecule has 1 amide bonds. The van der Waals surface area contributed by atoms with Crippen LogP contribution >= 0.6 is 0 Å². The molecule has 106 valence electrons. The first-order valence-corrected chi connectivity index (χ1v) is 7.72. The van der Waals surface area contributed by atoms with Crippen molar-refractivity contribution in [2.24, 2.45) is 0 Å². The number of hydrogen-bond donors (Lipinski definition) is 1. The molecular formula is C14H20FNO2S. The second-order valence-corrected chi connectivity index (χ2v) is 6.11. The van der Waals surface area contributed by atoms with Gasteiger partial charge in [0.15, 0.2) is 0 Å². The lowest BCUT2D eigenvalue weighted by molar-refractivity contribution is -0.120. The summed E-state index contributed by atoms with van der Waals surface area (Å²) in [6, 6.07) is 5.85. The smallest absolute Gasteiger partial charge is 0.235 e. The number of unbranched alkanes of at least 4 members (excludes halogenated alkanes) is 2. The Bertz CT molecular complexity index is 451. The molecule has 0 heterocycles. The molecule has 0 aliphatic carbocycles. The Morgan fingerprint density at radius 2 is 2.05 bits per heavy atom. The van der Waals surface area contributed by atoms with Crippen molar-refractivity contribution in [3.05, 3.63) is 30.1 Å². The van der Waals surface area contributed by atoms with Crippen LogP contribution in [0.3, 0.4) is 0 Å². The van der Waals surface area contributed by atoms with Gasteiger partial charge in [0.1, 0.15) is 11.1 Å². The number of carbonyl (C=O) groups is 1. The van der Waals surface area contributed by atoms with Gasteiger partial charge in [0.05, 0.1) is 15.7 Å². The molecule has 0 aromatic heterocycles. The minimum Gasteiger partial charge on any atom is -0.355 e. The van der Waals surface area contributed by atoms with Crippen LogP contribution in [0.2, 0.25) is 0 Å². The van der Waals surface area contributed by atoms with Crippen LogP contribution in [0, 0.1) is 5.82 Å². The highest BCUT2D eigenvalue weighted by atomic mass is 32.2.